The summed E-state index contributed by atoms with van der Waals surface area (Å²) in [5.74, 6) is -1.05. The van der Waals surface area contributed by atoms with Gasteiger partial charge in [-0.1, -0.05) is 0 Å². The summed E-state index contributed by atoms with van der Waals surface area (Å²) < 4.78 is 0. The molecule has 1 atom stereocenters. The fourth-order valence-electron chi connectivity index (χ4n) is 1.53. The molecule has 2 aliphatic heterocycles. The molecule has 2 rings (SSSR count). The van der Waals surface area contributed by atoms with E-state index in [0.29, 0.717) is 18.5 Å². The number of carboxylic acids is 1. The van der Waals surface area contributed by atoms with Crippen molar-refractivity contribution in [3.63, 3.8) is 0 Å². The summed E-state index contributed by atoms with van der Waals surface area (Å²) in [6.45, 7) is 0. The molecule has 0 saturated carbocycles. The van der Waals surface area contributed by atoms with E-state index < -0.39 is 5.97 Å². The third-order valence-corrected chi connectivity index (χ3v) is 3.47. The second-order valence-corrected chi connectivity index (χ2v) is 4.20. The van der Waals surface area contributed by atoms with Crippen molar-refractivity contribution < 1.29 is 19.5 Å². The number of thioether (sulfide) groups is 1. The quantitative estimate of drug-likeness (QED) is 0.509. The summed E-state index contributed by atoms with van der Waals surface area (Å²) >= 11 is 1.42. The first kappa shape index (κ1) is 9.26. The van der Waals surface area contributed by atoms with E-state index in [-0.39, 0.29) is 22.6 Å². The predicted molar refractivity (Wildman–Crippen MR) is 48.4 cm³/mol. The van der Waals surface area contributed by atoms with Gasteiger partial charge in [0.15, 0.2) is 0 Å². The Labute approximate surface area is 83.8 Å². The zero-order valence-corrected chi connectivity index (χ0v) is 7.91. The Bertz CT molecular complexity index is 362. The Balaban J connectivity index is 2.42. The van der Waals surface area contributed by atoms with E-state index in [1.54, 1.807) is 0 Å². The van der Waals surface area contributed by atoms with Crippen LogP contribution in [0.15, 0.2) is 11.3 Å². The number of aliphatic carboxylic acids is 1. The minimum Gasteiger partial charge on any atom is -0.477 e. The normalized spacial score (nSPS) is 25.6. The minimum atomic E-state index is -1.20. The van der Waals surface area contributed by atoms with Gasteiger partial charge in [0, 0.05) is 11.3 Å². The molecule has 14 heavy (non-hydrogen) atoms. The Morgan fingerprint density at radius 2 is 2.36 bits per heavy atom. The van der Waals surface area contributed by atoms with E-state index in [1.807, 2.05) is 0 Å². The molecule has 1 amide bonds. The molecule has 5 nitrogen and oxygen atoms in total. The Morgan fingerprint density at radius 1 is 1.64 bits per heavy atom. The number of carbonyl (C=O) groups is 3. The topological polar surface area (TPSA) is 74.7 Å². The summed E-state index contributed by atoms with van der Waals surface area (Å²) in [6.07, 6.45) is 0.881. The molecule has 0 aliphatic carbocycles. The summed E-state index contributed by atoms with van der Waals surface area (Å²) in [5.41, 5.74) is 0.0480. The number of carbonyl (C=O) groups excluding carboxylic acids is 2. The van der Waals surface area contributed by atoms with E-state index in [2.05, 4.69) is 0 Å². The van der Waals surface area contributed by atoms with Gasteiger partial charge in [0.05, 0.1) is 11.8 Å². The highest BCUT2D eigenvalue weighted by Crippen LogP contribution is 2.39. The van der Waals surface area contributed by atoms with Crippen LogP contribution in [0.2, 0.25) is 0 Å². The van der Waals surface area contributed by atoms with Crippen molar-refractivity contribution in [3.05, 3.63) is 11.3 Å². The predicted octanol–water partition coefficient (Wildman–Crippen LogP) is -0.171. The van der Waals surface area contributed by atoms with Gasteiger partial charge >= 0.3 is 5.97 Å². The number of hydrogen-bond acceptors (Lipinski definition) is 4. The highest BCUT2D eigenvalue weighted by atomic mass is 32.2. The fraction of sp³-hybridized carbons (Fsp3) is 0.375. The number of β-lactam (4-membered cyclic amide) rings is 1. The molecule has 0 aromatic heterocycles. The van der Waals surface area contributed by atoms with Gasteiger partial charge < -0.3 is 5.11 Å². The van der Waals surface area contributed by atoms with Gasteiger partial charge in [-0.2, -0.15) is 0 Å². The molecule has 74 valence electrons. The van der Waals surface area contributed by atoms with Crippen LogP contribution in [0, 0.1) is 0 Å². The molecule has 0 unspecified atom stereocenters. The van der Waals surface area contributed by atoms with Crippen molar-refractivity contribution >= 4 is 29.9 Å². The molecule has 1 saturated heterocycles. The first-order valence-corrected chi connectivity index (χ1v) is 5.05. The highest BCUT2D eigenvalue weighted by Gasteiger charge is 2.45. The molecule has 0 bridgehead atoms. The van der Waals surface area contributed by atoms with E-state index in [1.165, 1.54) is 16.7 Å². The number of rotatable bonds is 2. The van der Waals surface area contributed by atoms with E-state index in [0.717, 1.165) is 0 Å². The molecule has 6 heteroatoms. The summed E-state index contributed by atoms with van der Waals surface area (Å²) in [5, 5.41) is 8.77. The number of hydrogen-bond donors (Lipinski definition) is 1. The average Bonchev–Trinajstić information content (AvgIpc) is 2.15. The lowest BCUT2D eigenvalue weighted by atomic mass is 10.1. The van der Waals surface area contributed by atoms with Crippen molar-refractivity contribution in [1.82, 2.24) is 4.90 Å². The van der Waals surface area contributed by atoms with Crippen LogP contribution in [-0.2, 0) is 14.4 Å². The first-order chi connectivity index (χ1) is 6.65. The molecule has 0 aromatic rings. The lowest BCUT2D eigenvalue weighted by molar-refractivity contribution is -0.146. The molecule has 1 N–H and O–H groups in total. The van der Waals surface area contributed by atoms with Gasteiger partial charge in [-0.3, -0.25) is 14.5 Å². The van der Waals surface area contributed by atoms with Crippen LogP contribution in [0.25, 0.3) is 0 Å². The molecule has 1 fully saturated rings. The van der Waals surface area contributed by atoms with Crippen molar-refractivity contribution in [2.45, 2.75) is 11.8 Å². The molecule has 2 aliphatic rings. The van der Waals surface area contributed by atoms with Gasteiger partial charge in [-0.15, -0.1) is 11.8 Å². The smallest absolute Gasteiger partial charge is 0.353 e. The maximum absolute atomic E-state index is 11.1. The summed E-state index contributed by atoms with van der Waals surface area (Å²) in [6, 6.07) is 0. The number of carboxylic acid groups (broad SMARTS) is 1. The van der Waals surface area contributed by atoms with Crippen LogP contribution >= 0.6 is 11.8 Å². The SMILES string of the molecule is O=CC1=C(C(=O)O)N2C(=O)C[C@@H]2SC1. The van der Waals surface area contributed by atoms with Crippen LogP contribution in [0.4, 0.5) is 0 Å². The highest BCUT2D eigenvalue weighted by molar-refractivity contribution is 8.00. The molecule has 0 spiro atoms. The van der Waals surface area contributed by atoms with Gasteiger partial charge in [0.2, 0.25) is 5.91 Å². The van der Waals surface area contributed by atoms with Crippen LogP contribution in [0.1, 0.15) is 6.42 Å². The Morgan fingerprint density at radius 3 is 2.86 bits per heavy atom. The van der Waals surface area contributed by atoms with Crippen molar-refractivity contribution in [3.8, 4) is 0 Å². The third kappa shape index (κ3) is 1.14. The molecular weight excluding hydrogens is 206 g/mol. The Hall–Kier alpha value is -1.30. The standard InChI is InChI=1S/C8H7NO4S/c10-2-4-3-14-6-1-5(11)9(6)7(4)8(12)13/h2,6H,1,3H2,(H,12,13)/t6-/m0/s1. The largest absolute Gasteiger partial charge is 0.477 e. The zero-order chi connectivity index (χ0) is 10.3. The number of aldehydes is 1. The Kier molecular flexibility index (Phi) is 2.07. The van der Waals surface area contributed by atoms with Gasteiger partial charge in [-0.05, 0) is 0 Å². The van der Waals surface area contributed by atoms with E-state index in [4.69, 9.17) is 5.11 Å². The van der Waals surface area contributed by atoms with Gasteiger partial charge in [0.1, 0.15) is 12.0 Å². The van der Waals surface area contributed by atoms with Crippen LogP contribution in [0.5, 0.6) is 0 Å². The van der Waals surface area contributed by atoms with Crippen LogP contribution in [-0.4, -0.2) is 39.3 Å². The van der Waals surface area contributed by atoms with Crippen molar-refractivity contribution in [1.29, 1.82) is 0 Å². The van der Waals surface area contributed by atoms with Crippen LogP contribution in [0.3, 0.4) is 0 Å². The van der Waals surface area contributed by atoms with E-state index >= 15 is 0 Å². The maximum Gasteiger partial charge on any atom is 0.353 e. The molecule has 2 heterocycles. The second-order valence-electron chi connectivity index (χ2n) is 3.03. The lowest BCUT2D eigenvalue weighted by Crippen LogP contribution is -2.54. The molecule has 0 radical (unpaired) electrons. The lowest BCUT2D eigenvalue weighted by Gasteiger charge is -2.43. The van der Waals surface area contributed by atoms with Crippen molar-refractivity contribution in [2.75, 3.05) is 5.75 Å². The third-order valence-electron chi connectivity index (χ3n) is 2.23. The van der Waals surface area contributed by atoms with Crippen molar-refractivity contribution in [2.24, 2.45) is 0 Å². The molecular formula is C8H7NO4S. The molecule has 0 aromatic carbocycles. The van der Waals surface area contributed by atoms with E-state index in [9.17, 15) is 14.4 Å². The maximum atomic E-state index is 11.1. The zero-order valence-electron chi connectivity index (χ0n) is 7.10. The number of amides is 1. The second kappa shape index (κ2) is 3.13. The summed E-state index contributed by atoms with van der Waals surface area (Å²) in [7, 11) is 0. The van der Waals surface area contributed by atoms with Gasteiger partial charge in [-0.25, -0.2) is 4.79 Å². The first-order valence-electron chi connectivity index (χ1n) is 4.00. The fourth-order valence-corrected chi connectivity index (χ4v) is 2.74. The number of nitrogens with zero attached hydrogens (tertiary/aromatic N) is 1. The minimum absolute atomic E-state index is 0.0858. The average molecular weight is 213 g/mol. The number of fused-ring (bicyclic) bond motifs is 1. The monoisotopic (exact) mass is 213 g/mol. The van der Waals surface area contributed by atoms with Gasteiger partial charge in [0.25, 0.3) is 0 Å². The van der Waals surface area contributed by atoms with Crippen LogP contribution < -0.4 is 0 Å². The summed E-state index contributed by atoms with van der Waals surface area (Å²) in [4.78, 5) is 33.8.